The van der Waals surface area contributed by atoms with Crippen LogP contribution in [-0.4, -0.2) is 33.4 Å². The van der Waals surface area contributed by atoms with E-state index in [2.05, 4.69) is 30.7 Å². The van der Waals surface area contributed by atoms with E-state index in [4.69, 9.17) is 4.42 Å². The van der Waals surface area contributed by atoms with Crippen LogP contribution in [0, 0.1) is 5.82 Å². The first-order valence-corrected chi connectivity index (χ1v) is 9.10. The lowest BCUT2D eigenvalue weighted by Crippen LogP contribution is -2.21. The molecule has 2 aromatic heterocycles. The molecule has 2 N–H and O–H groups in total. The van der Waals surface area contributed by atoms with Gasteiger partial charge in [0.05, 0.1) is 5.56 Å². The van der Waals surface area contributed by atoms with E-state index in [0.717, 1.165) is 18.2 Å². The van der Waals surface area contributed by atoms with Crippen LogP contribution in [0.3, 0.4) is 0 Å². The summed E-state index contributed by atoms with van der Waals surface area (Å²) in [5.74, 6) is -1.18. The van der Waals surface area contributed by atoms with Crippen molar-refractivity contribution in [1.29, 1.82) is 0 Å². The van der Waals surface area contributed by atoms with Crippen molar-refractivity contribution in [3.63, 3.8) is 0 Å². The van der Waals surface area contributed by atoms with Crippen LogP contribution in [0.4, 0.5) is 36.4 Å². The number of fused-ring (bicyclic) bond motifs is 1. The molecule has 2 heterocycles. The highest BCUT2D eigenvalue weighted by molar-refractivity contribution is 5.82. The molecule has 33 heavy (non-hydrogen) atoms. The predicted octanol–water partition coefficient (Wildman–Crippen LogP) is 5.32. The maximum absolute atomic E-state index is 14.5. The smallest absolute Gasteiger partial charge is 0.422 e. The molecular formula is C19H12F7N5O2. The normalized spacial score (nSPS) is 12.3. The van der Waals surface area contributed by atoms with Crippen molar-refractivity contribution >= 4 is 16.7 Å². The van der Waals surface area contributed by atoms with Crippen LogP contribution in [0.15, 0.2) is 40.8 Å². The second-order valence-electron chi connectivity index (χ2n) is 6.81. The first kappa shape index (κ1) is 22.4. The first-order valence-electron chi connectivity index (χ1n) is 9.10. The van der Waals surface area contributed by atoms with Crippen LogP contribution in [-0.2, 0) is 12.7 Å². The number of hydrogen-bond donors (Lipinski definition) is 2. The number of ether oxygens (including phenoxy) is 1. The monoisotopic (exact) mass is 475 g/mol. The Morgan fingerprint density at radius 2 is 1.82 bits per heavy atom. The summed E-state index contributed by atoms with van der Waals surface area (Å²) in [5.41, 5.74) is -1.18. The van der Waals surface area contributed by atoms with E-state index in [1.54, 1.807) is 6.07 Å². The molecule has 0 saturated heterocycles. The molecule has 0 unspecified atom stereocenters. The number of furan rings is 1. The molecule has 0 radical (unpaired) electrons. The van der Waals surface area contributed by atoms with Gasteiger partial charge in [0.1, 0.15) is 17.1 Å². The molecule has 0 aliphatic carbocycles. The number of aromatic nitrogens is 4. The zero-order valence-electron chi connectivity index (χ0n) is 16.2. The summed E-state index contributed by atoms with van der Waals surface area (Å²) in [7, 11) is 0. The number of alkyl halides is 6. The van der Waals surface area contributed by atoms with Crippen molar-refractivity contribution in [3.05, 3.63) is 53.3 Å². The molecule has 4 aromatic rings. The topological polar surface area (TPSA) is 88.9 Å². The number of rotatable bonds is 6. The Morgan fingerprint density at radius 1 is 1.03 bits per heavy atom. The van der Waals surface area contributed by atoms with Crippen molar-refractivity contribution in [2.75, 3.05) is 11.9 Å². The van der Waals surface area contributed by atoms with Crippen molar-refractivity contribution in [2.45, 2.75) is 18.9 Å². The molecule has 14 heteroatoms. The van der Waals surface area contributed by atoms with Gasteiger partial charge in [0, 0.05) is 29.2 Å². The van der Waals surface area contributed by atoms with Gasteiger partial charge in [-0.25, -0.2) is 9.49 Å². The number of halogens is 7. The van der Waals surface area contributed by atoms with Gasteiger partial charge in [-0.1, -0.05) is 0 Å². The van der Waals surface area contributed by atoms with Gasteiger partial charge in [-0.15, -0.1) is 5.10 Å². The maximum atomic E-state index is 14.5. The van der Waals surface area contributed by atoms with Crippen LogP contribution >= 0.6 is 0 Å². The van der Waals surface area contributed by atoms with Gasteiger partial charge in [0.15, 0.2) is 12.4 Å². The van der Waals surface area contributed by atoms with Crippen LogP contribution in [0.25, 0.3) is 22.6 Å². The second-order valence-corrected chi connectivity index (χ2v) is 6.81. The minimum Gasteiger partial charge on any atom is -0.483 e. The Labute approximate surface area is 179 Å². The predicted molar refractivity (Wildman–Crippen MR) is 99.7 cm³/mol. The Balaban J connectivity index is 1.55. The summed E-state index contributed by atoms with van der Waals surface area (Å²) in [5, 5.41) is 16.1. The molecular weight excluding hydrogens is 463 g/mol. The number of H-pyrrole nitrogens is 1. The van der Waals surface area contributed by atoms with Crippen LogP contribution < -0.4 is 10.1 Å². The number of nitrogens with one attached hydrogen (secondary N) is 2. The van der Waals surface area contributed by atoms with E-state index >= 15 is 0 Å². The fourth-order valence-corrected chi connectivity index (χ4v) is 2.97. The van der Waals surface area contributed by atoms with E-state index < -0.39 is 36.1 Å². The summed E-state index contributed by atoms with van der Waals surface area (Å²) in [6.45, 7) is -2.09. The summed E-state index contributed by atoms with van der Waals surface area (Å²) in [4.78, 5) is 0. The fourth-order valence-electron chi connectivity index (χ4n) is 2.97. The average Bonchev–Trinajstić information content (AvgIpc) is 3.39. The molecule has 0 saturated carbocycles. The van der Waals surface area contributed by atoms with Gasteiger partial charge in [0.2, 0.25) is 5.82 Å². The third kappa shape index (κ3) is 5.15. The summed E-state index contributed by atoms with van der Waals surface area (Å²) < 4.78 is 101. The number of aromatic amines is 1. The molecule has 0 fully saturated rings. The van der Waals surface area contributed by atoms with E-state index in [-0.39, 0.29) is 35.0 Å². The first-order chi connectivity index (χ1) is 15.5. The largest absolute Gasteiger partial charge is 0.483 e. The average molecular weight is 475 g/mol. The van der Waals surface area contributed by atoms with E-state index in [9.17, 15) is 30.7 Å². The van der Waals surface area contributed by atoms with Crippen LogP contribution in [0.5, 0.6) is 5.75 Å². The van der Waals surface area contributed by atoms with Gasteiger partial charge in [0.25, 0.3) is 0 Å². The van der Waals surface area contributed by atoms with E-state index in [1.807, 2.05) is 0 Å². The zero-order valence-corrected chi connectivity index (χ0v) is 16.2. The summed E-state index contributed by atoms with van der Waals surface area (Å²) in [6, 6.07) is 6.55. The Bertz CT molecular complexity index is 1270. The fraction of sp³-hybridized carbons (Fsp3) is 0.211. The SMILES string of the molecule is Fc1cc2oc(-c3nnn[nH]3)cc2cc1CNc1ccc(OCC(F)(F)F)c(C(F)(F)F)c1. The Morgan fingerprint density at radius 3 is 2.48 bits per heavy atom. The van der Waals surface area contributed by atoms with Gasteiger partial charge in [-0.05, 0) is 40.8 Å². The lowest BCUT2D eigenvalue weighted by Gasteiger charge is -2.17. The third-order valence-corrected chi connectivity index (χ3v) is 4.42. The second kappa shape index (κ2) is 8.26. The molecule has 4 rings (SSSR count). The number of tetrazole rings is 1. The Kier molecular flexibility index (Phi) is 5.59. The molecule has 0 spiro atoms. The standard InChI is InChI=1S/C19H12F7N5O2/c20-13-6-15-9(4-16(33-15)17-28-30-31-29-17)3-10(13)7-27-11-1-2-14(32-8-18(21,22)23)12(5-11)19(24,25)26/h1-6,27H,7-8H2,(H,28,29,30,31). The number of nitrogens with zero attached hydrogens (tertiary/aromatic N) is 3. The van der Waals surface area contributed by atoms with Crippen molar-refractivity contribution in [1.82, 2.24) is 20.6 Å². The van der Waals surface area contributed by atoms with Crippen molar-refractivity contribution in [3.8, 4) is 17.3 Å². The van der Waals surface area contributed by atoms with Crippen molar-refractivity contribution in [2.24, 2.45) is 0 Å². The molecule has 0 aliphatic heterocycles. The van der Waals surface area contributed by atoms with Crippen LogP contribution in [0.2, 0.25) is 0 Å². The molecule has 0 aliphatic rings. The molecule has 174 valence electrons. The van der Waals surface area contributed by atoms with Crippen LogP contribution in [0.1, 0.15) is 11.1 Å². The highest BCUT2D eigenvalue weighted by Gasteiger charge is 2.36. The minimum absolute atomic E-state index is 0.0956. The molecule has 0 bridgehead atoms. The summed E-state index contributed by atoms with van der Waals surface area (Å²) in [6.07, 6.45) is -9.77. The van der Waals surface area contributed by atoms with E-state index in [1.165, 1.54) is 6.07 Å². The molecule has 0 amide bonds. The Hall–Kier alpha value is -3.84. The van der Waals surface area contributed by atoms with E-state index in [0.29, 0.717) is 11.5 Å². The number of benzene rings is 2. The third-order valence-electron chi connectivity index (χ3n) is 4.42. The lowest BCUT2D eigenvalue weighted by molar-refractivity contribution is -0.158. The van der Waals surface area contributed by atoms with Gasteiger partial charge in [-0.2, -0.15) is 26.3 Å². The molecule has 2 aromatic carbocycles. The highest BCUT2D eigenvalue weighted by atomic mass is 19.4. The van der Waals surface area contributed by atoms with Crippen molar-refractivity contribution < 1.29 is 39.9 Å². The number of hydrogen-bond acceptors (Lipinski definition) is 6. The highest BCUT2D eigenvalue weighted by Crippen LogP contribution is 2.38. The van der Waals surface area contributed by atoms with Gasteiger partial charge >= 0.3 is 12.4 Å². The minimum atomic E-state index is -4.97. The quantitative estimate of drug-likeness (QED) is 0.367. The lowest BCUT2D eigenvalue weighted by atomic mass is 10.1. The molecule has 0 atom stereocenters. The van der Waals surface area contributed by atoms with Gasteiger partial charge in [-0.3, -0.25) is 0 Å². The maximum Gasteiger partial charge on any atom is 0.422 e. The van der Waals surface area contributed by atoms with Gasteiger partial charge < -0.3 is 14.5 Å². The zero-order chi connectivity index (χ0) is 23.8. The molecule has 7 nitrogen and oxygen atoms in total. The summed E-state index contributed by atoms with van der Waals surface area (Å²) >= 11 is 0. The number of anilines is 1.